The number of hydrogen-bond donors (Lipinski definition) is 0. The number of carbonyl (C=O) groups excluding carboxylic acids is 2. The summed E-state index contributed by atoms with van der Waals surface area (Å²) in [5.41, 5.74) is 0.561. The average Bonchev–Trinajstić information content (AvgIpc) is 3.56. The first-order valence-corrected chi connectivity index (χ1v) is 11.3. The van der Waals surface area contributed by atoms with Gasteiger partial charge in [0.1, 0.15) is 11.6 Å². The molecule has 2 aromatic rings. The standard InChI is InChI=1S/C23H29N5O3/c1-16-13-27(14-20-24-25-22(28(16)20)17-8-9-17)23(30)18-6-5-7-19(12-18)31-15-21(29)26-10-3-2-4-11-26/h5-7,12,16-17H,2-4,8-11,13-15H2,1H3/t16-/m0/s1. The maximum absolute atomic E-state index is 13.2. The number of benzene rings is 1. The summed E-state index contributed by atoms with van der Waals surface area (Å²) in [6.45, 7) is 4.82. The Morgan fingerprint density at radius 3 is 2.68 bits per heavy atom. The van der Waals surface area contributed by atoms with Crippen molar-refractivity contribution < 1.29 is 14.3 Å². The molecule has 1 aliphatic carbocycles. The molecule has 1 saturated carbocycles. The van der Waals surface area contributed by atoms with Crippen LogP contribution in [0.5, 0.6) is 5.75 Å². The van der Waals surface area contributed by atoms with E-state index in [1.807, 2.05) is 9.80 Å². The third-order valence-electron chi connectivity index (χ3n) is 6.43. The zero-order valence-corrected chi connectivity index (χ0v) is 18.0. The Hall–Kier alpha value is -2.90. The first-order valence-electron chi connectivity index (χ1n) is 11.3. The minimum absolute atomic E-state index is 0.00540. The summed E-state index contributed by atoms with van der Waals surface area (Å²) in [7, 11) is 0. The summed E-state index contributed by atoms with van der Waals surface area (Å²) < 4.78 is 7.94. The van der Waals surface area contributed by atoms with E-state index < -0.39 is 0 Å². The Bertz CT molecular complexity index is 977. The van der Waals surface area contributed by atoms with Gasteiger partial charge in [-0.15, -0.1) is 10.2 Å². The summed E-state index contributed by atoms with van der Waals surface area (Å²) in [5.74, 6) is 2.96. The van der Waals surface area contributed by atoms with Gasteiger partial charge in [0.05, 0.1) is 12.6 Å². The number of aromatic nitrogens is 3. The molecular formula is C23H29N5O3. The molecule has 164 valence electrons. The van der Waals surface area contributed by atoms with Crippen LogP contribution in [0.1, 0.15) is 73.0 Å². The fourth-order valence-corrected chi connectivity index (χ4v) is 4.62. The fraction of sp³-hybridized carbons (Fsp3) is 0.565. The van der Waals surface area contributed by atoms with Gasteiger partial charge in [-0.3, -0.25) is 9.59 Å². The first-order chi connectivity index (χ1) is 15.1. The van der Waals surface area contributed by atoms with Crippen molar-refractivity contribution in [2.24, 2.45) is 0 Å². The summed E-state index contributed by atoms with van der Waals surface area (Å²) >= 11 is 0. The Morgan fingerprint density at radius 2 is 1.90 bits per heavy atom. The molecule has 8 nitrogen and oxygen atoms in total. The molecule has 0 spiro atoms. The van der Waals surface area contributed by atoms with Crippen molar-refractivity contribution in [3.8, 4) is 5.75 Å². The number of amides is 2. The molecular weight excluding hydrogens is 394 g/mol. The van der Waals surface area contributed by atoms with E-state index in [0.717, 1.165) is 37.6 Å². The number of nitrogens with zero attached hydrogens (tertiary/aromatic N) is 5. The van der Waals surface area contributed by atoms with Crippen molar-refractivity contribution in [2.75, 3.05) is 26.2 Å². The summed E-state index contributed by atoms with van der Waals surface area (Å²) in [4.78, 5) is 29.2. The van der Waals surface area contributed by atoms with E-state index in [9.17, 15) is 9.59 Å². The number of rotatable bonds is 5. The van der Waals surface area contributed by atoms with Crippen LogP contribution in [0.25, 0.3) is 0 Å². The molecule has 0 N–H and O–H groups in total. The summed E-state index contributed by atoms with van der Waals surface area (Å²) in [6, 6.07) is 7.26. The molecule has 2 fully saturated rings. The minimum atomic E-state index is -0.0538. The first kappa shape index (κ1) is 20.0. The highest BCUT2D eigenvalue weighted by Gasteiger charge is 2.35. The highest BCUT2D eigenvalue weighted by molar-refractivity contribution is 5.94. The molecule has 1 saturated heterocycles. The number of hydrogen-bond acceptors (Lipinski definition) is 5. The summed E-state index contributed by atoms with van der Waals surface area (Å²) in [6.07, 6.45) is 5.66. The predicted octanol–water partition coefficient (Wildman–Crippen LogP) is 2.76. The SMILES string of the molecule is C[C@H]1CN(C(=O)c2cccc(OCC(=O)N3CCCCC3)c2)Cc2nnc(C3CC3)n21. The van der Waals surface area contributed by atoms with Crippen molar-refractivity contribution in [1.82, 2.24) is 24.6 Å². The molecule has 1 aromatic carbocycles. The highest BCUT2D eigenvalue weighted by Crippen LogP contribution is 2.41. The van der Waals surface area contributed by atoms with Crippen molar-refractivity contribution >= 4 is 11.8 Å². The molecule has 8 heteroatoms. The molecule has 5 rings (SSSR count). The average molecular weight is 424 g/mol. The second kappa shape index (κ2) is 8.32. The Kier molecular flexibility index (Phi) is 5.38. The van der Waals surface area contributed by atoms with Gasteiger partial charge in [-0.2, -0.15) is 0 Å². The molecule has 2 amide bonds. The van der Waals surface area contributed by atoms with Gasteiger partial charge in [0.25, 0.3) is 11.8 Å². The normalized spacial score (nSPS) is 21.0. The van der Waals surface area contributed by atoms with E-state index >= 15 is 0 Å². The largest absolute Gasteiger partial charge is 0.484 e. The minimum Gasteiger partial charge on any atom is -0.484 e. The number of carbonyl (C=O) groups is 2. The second-order valence-electron chi connectivity index (χ2n) is 8.91. The van der Waals surface area contributed by atoms with E-state index in [1.165, 1.54) is 19.3 Å². The topological polar surface area (TPSA) is 80.6 Å². The van der Waals surface area contributed by atoms with Crippen LogP contribution in [0.15, 0.2) is 24.3 Å². The van der Waals surface area contributed by atoms with Crippen molar-refractivity contribution in [1.29, 1.82) is 0 Å². The van der Waals surface area contributed by atoms with E-state index in [1.54, 1.807) is 24.3 Å². The molecule has 0 bridgehead atoms. The smallest absolute Gasteiger partial charge is 0.260 e. The van der Waals surface area contributed by atoms with Crippen LogP contribution in [-0.2, 0) is 11.3 Å². The number of likely N-dealkylation sites (tertiary alicyclic amines) is 1. The third kappa shape index (κ3) is 4.16. The van der Waals surface area contributed by atoms with Gasteiger partial charge in [0.2, 0.25) is 0 Å². The molecule has 1 atom stereocenters. The molecule has 0 unspecified atom stereocenters. The number of fused-ring (bicyclic) bond motifs is 1. The Balaban J connectivity index is 1.24. The van der Waals surface area contributed by atoms with Gasteiger partial charge < -0.3 is 19.1 Å². The van der Waals surface area contributed by atoms with Gasteiger partial charge >= 0.3 is 0 Å². The molecule has 3 aliphatic rings. The lowest BCUT2D eigenvalue weighted by atomic mass is 10.1. The van der Waals surface area contributed by atoms with Crippen LogP contribution >= 0.6 is 0 Å². The van der Waals surface area contributed by atoms with Gasteiger partial charge in [-0.1, -0.05) is 6.07 Å². The quantitative estimate of drug-likeness (QED) is 0.739. The zero-order chi connectivity index (χ0) is 21.4. The van der Waals surface area contributed by atoms with Crippen LogP contribution in [0.3, 0.4) is 0 Å². The maximum Gasteiger partial charge on any atom is 0.260 e. The van der Waals surface area contributed by atoms with Gasteiger partial charge in [-0.05, 0) is 57.2 Å². The van der Waals surface area contributed by atoms with Crippen LogP contribution in [0.2, 0.25) is 0 Å². The molecule has 31 heavy (non-hydrogen) atoms. The highest BCUT2D eigenvalue weighted by atomic mass is 16.5. The molecule has 3 heterocycles. The van der Waals surface area contributed by atoms with E-state index in [-0.39, 0.29) is 24.5 Å². The van der Waals surface area contributed by atoms with Crippen molar-refractivity contribution in [2.45, 2.75) is 57.5 Å². The lowest BCUT2D eigenvalue weighted by Gasteiger charge is -2.32. The van der Waals surface area contributed by atoms with E-state index in [2.05, 4.69) is 21.7 Å². The third-order valence-corrected chi connectivity index (χ3v) is 6.43. The van der Waals surface area contributed by atoms with Crippen LogP contribution in [-0.4, -0.2) is 62.6 Å². The number of piperidine rings is 1. The maximum atomic E-state index is 13.2. The van der Waals surface area contributed by atoms with Crippen molar-refractivity contribution in [3.63, 3.8) is 0 Å². The van der Waals surface area contributed by atoms with E-state index in [4.69, 9.17) is 4.74 Å². The Morgan fingerprint density at radius 1 is 1.10 bits per heavy atom. The molecule has 2 aliphatic heterocycles. The fourth-order valence-electron chi connectivity index (χ4n) is 4.62. The lowest BCUT2D eigenvalue weighted by Crippen LogP contribution is -2.40. The summed E-state index contributed by atoms with van der Waals surface area (Å²) in [5, 5.41) is 8.75. The van der Waals surface area contributed by atoms with Crippen LogP contribution < -0.4 is 4.74 Å². The van der Waals surface area contributed by atoms with Crippen LogP contribution in [0, 0.1) is 0 Å². The predicted molar refractivity (Wildman–Crippen MR) is 114 cm³/mol. The van der Waals surface area contributed by atoms with Crippen molar-refractivity contribution in [3.05, 3.63) is 41.5 Å². The zero-order valence-electron chi connectivity index (χ0n) is 18.0. The number of ether oxygens (including phenoxy) is 1. The van der Waals surface area contributed by atoms with Gasteiger partial charge in [0.15, 0.2) is 12.4 Å². The lowest BCUT2D eigenvalue weighted by molar-refractivity contribution is -0.134. The van der Waals surface area contributed by atoms with Gasteiger partial charge in [-0.25, -0.2) is 0 Å². The van der Waals surface area contributed by atoms with E-state index in [0.29, 0.717) is 30.3 Å². The van der Waals surface area contributed by atoms with Crippen LogP contribution in [0.4, 0.5) is 0 Å². The van der Waals surface area contributed by atoms with Gasteiger partial charge in [0, 0.05) is 31.1 Å². The molecule has 1 aromatic heterocycles. The Labute approximate surface area is 182 Å². The molecule has 0 radical (unpaired) electrons. The second-order valence-corrected chi connectivity index (χ2v) is 8.91. The monoisotopic (exact) mass is 423 g/mol.